The van der Waals surface area contributed by atoms with Crippen LogP contribution >= 0.6 is 0 Å². The average molecular weight is 335 g/mol. The summed E-state index contributed by atoms with van der Waals surface area (Å²) in [5, 5.41) is 13.5. The Morgan fingerprint density at radius 2 is 2.00 bits per heavy atom. The number of nitrogens with zero attached hydrogens (tertiary/aromatic N) is 3. The maximum atomic E-state index is 12.8. The van der Waals surface area contributed by atoms with Crippen LogP contribution in [0.4, 0.5) is 0 Å². The van der Waals surface area contributed by atoms with Crippen molar-refractivity contribution in [1.82, 2.24) is 14.1 Å². The first kappa shape index (κ1) is 15.7. The van der Waals surface area contributed by atoms with Gasteiger partial charge in [-0.3, -0.25) is 4.79 Å². The second-order valence-electron chi connectivity index (χ2n) is 5.72. The summed E-state index contributed by atoms with van der Waals surface area (Å²) in [5.41, 5.74) is -0.676. The Morgan fingerprint density at radius 3 is 2.65 bits per heavy atom. The number of aliphatic carboxylic acids is 1. The van der Waals surface area contributed by atoms with E-state index in [4.69, 9.17) is 0 Å². The molecular formula is C15H17N3O4S. The molecule has 0 aliphatic carbocycles. The van der Waals surface area contributed by atoms with Crippen molar-refractivity contribution in [3.8, 4) is 5.69 Å². The predicted octanol–water partition coefficient (Wildman–Crippen LogP) is 1.50. The Morgan fingerprint density at radius 1 is 1.30 bits per heavy atom. The van der Waals surface area contributed by atoms with Gasteiger partial charge in [-0.05, 0) is 31.9 Å². The number of para-hydroxylation sites is 1. The molecule has 1 N–H and O–H groups in total. The minimum absolute atomic E-state index is 0.00396. The van der Waals surface area contributed by atoms with Crippen LogP contribution in [0.2, 0.25) is 0 Å². The lowest BCUT2D eigenvalue weighted by Crippen LogP contribution is -2.50. The Bertz CT molecular complexity index is 831. The van der Waals surface area contributed by atoms with Gasteiger partial charge in [0.15, 0.2) is 0 Å². The first-order valence-corrected chi connectivity index (χ1v) is 8.66. The van der Waals surface area contributed by atoms with Gasteiger partial charge in [0.1, 0.15) is 10.4 Å². The maximum Gasteiger partial charge on any atom is 0.324 e. The number of carboxylic acid groups (broad SMARTS) is 1. The Balaban J connectivity index is 1.98. The average Bonchev–Trinajstić information content (AvgIpc) is 3.16. The molecule has 0 radical (unpaired) electrons. The largest absolute Gasteiger partial charge is 0.480 e. The van der Waals surface area contributed by atoms with Crippen LogP contribution in [0.3, 0.4) is 0 Å². The zero-order valence-corrected chi connectivity index (χ0v) is 13.4. The highest BCUT2D eigenvalue weighted by atomic mass is 32.2. The van der Waals surface area contributed by atoms with Crippen LogP contribution in [0.5, 0.6) is 0 Å². The Kier molecular flexibility index (Phi) is 3.73. The molecule has 1 aliphatic heterocycles. The first-order valence-electron chi connectivity index (χ1n) is 7.22. The summed E-state index contributed by atoms with van der Waals surface area (Å²) in [4.78, 5) is 11.5. The highest BCUT2D eigenvalue weighted by molar-refractivity contribution is 7.89. The van der Waals surface area contributed by atoms with Crippen molar-refractivity contribution in [3.05, 3.63) is 42.7 Å². The normalized spacial score (nSPS) is 22.3. The number of aromatic nitrogens is 2. The van der Waals surface area contributed by atoms with Crippen molar-refractivity contribution in [1.29, 1.82) is 0 Å². The third-order valence-electron chi connectivity index (χ3n) is 4.20. The van der Waals surface area contributed by atoms with E-state index < -0.39 is 21.5 Å². The molecule has 0 saturated carbocycles. The summed E-state index contributed by atoms with van der Waals surface area (Å²) in [6.07, 6.45) is 3.48. The predicted molar refractivity (Wildman–Crippen MR) is 82.7 cm³/mol. The lowest BCUT2D eigenvalue weighted by molar-refractivity contribution is -0.146. The number of benzene rings is 1. The molecule has 2 aromatic rings. The van der Waals surface area contributed by atoms with E-state index >= 15 is 0 Å². The summed E-state index contributed by atoms with van der Waals surface area (Å²) >= 11 is 0. The van der Waals surface area contributed by atoms with Gasteiger partial charge < -0.3 is 5.11 Å². The smallest absolute Gasteiger partial charge is 0.324 e. The lowest BCUT2D eigenvalue weighted by Gasteiger charge is -2.29. The van der Waals surface area contributed by atoms with Crippen LogP contribution in [0.15, 0.2) is 47.6 Å². The minimum atomic E-state index is -3.91. The van der Waals surface area contributed by atoms with Crippen LogP contribution in [0.25, 0.3) is 5.69 Å². The maximum absolute atomic E-state index is 12.8. The molecule has 1 aromatic heterocycles. The van der Waals surface area contributed by atoms with Crippen LogP contribution < -0.4 is 0 Å². The van der Waals surface area contributed by atoms with Gasteiger partial charge in [0.2, 0.25) is 10.0 Å². The molecule has 23 heavy (non-hydrogen) atoms. The fraction of sp³-hybridized carbons (Fsp3) is 0.333. The molecule has 1 fully saturated rings. The van der Waals surface area contributed by atoms with Gasteiger partial charge in [-0.15, -0.1) is 0 Å². The SMILES string of the molecule is CC1(C(=O)O)CCCN1S(=O)(=O)c1cnn(-c2ccccc2)c1. The van der Waals surface area contributed by atoms with Crippen LogP contribution in [0, 0.1) is 0 Å². The first-order chi connectivity index (χ1) is 10.9. The van der Waals surface area contributed by atoms with E-state index in [-0.39, 0.29) is 11.4 Å². The third-order valence-corrected chi connectivity index (χ3v) is 6.18. The topological polar surface area (TPSA) is 92.5 Å². The van der Waals surface area contributed by atoms with E-state index in [1.165, 1.54) is 24.0 Å². The molecular weight excluding hydrogens is 318 g/mol. The number of sulfonamides is 1. The number of carboxylic acids is 1. The van der Waals surface area contributed by atoms with E-state index in [0.717, 1.165) is 9.99 Å². The van der Waals surface area contributed by atoms with Crippen LogP contribution in [-0.2, 0) is 14.8 Å². The van der Waals surface area contributed by atoms with Crippen molar-refractivity contribution in [2.45, 2.75) is 30.2 Å². The fourth-order valence-electron chi connectivity index (χ4n) is 2.83. The zero-order valence-electron chi connectivity index (χ0n) is 12.6. The summed E-state index contributed by atoms with van der Waals surface area (Å²) in [6, 6.07) is 9.12. The molecule has 3 rings (SSSR count). The van der Waals surface area contributed by atoms with Gasteiger partial charge in [0, 0.05) is 6.54 Å². The monoisotopic (exact) mass is 335 g/mol. The molecule has 0 spiro atoms. The van der Waals surface area contributed by atoms with Gasteiger partial charge in [-0.25, -0.2) is 13.1 Å². The van der Waals surface area contributed by atoms with E-state index in [1.54, 1.807) is 12.1 Å². The van der Waals surface area contributed by atoms with Gasteiger partial charge in [0.25, 0.3) is 0 Å². The van der Waals surface area contributed by atoms with Gasteiger partial charge in [-0.1, -0.05) is 18.2 Å². The van der Waals surface area contributed by atoms with E-state index in [0.29, 0.717) is 12.8 Å². The fourth-order valence-corrected chi connectivity index (χ4v) is 4.56. The molecule has 2 heterocycles. The highest BCUT2D eigenvalue weighted by Crippen LogP contribution is 2.34. The van der Waals surface area contributed by atoms with Gasteiger partial charge in [-0.2, -0.15) is 9.40 Å². The van der Waals surface area contributed by atoms with Crippen molar-refractivity contribution in [2.75, 3.05) is 6.54 Å². The molecule has 0 amide bonds. The van der Waals surface area contributed by atoms with Gasteiger partial charge >= 0.3 is 5.97 Å². The molecule has 122 valence electrons. The Labute approximate surface area is 134 Å². The van der Waals surface area contributed by atoms with Crippen molar-refractivity contribution >= 4 is 16.0 Å². The second kappa shape index (κ2) is 5.47. The number of hydrogen-bond donors (Lipinski definition) is 1. The standard InChI is InChI=1S/C15H17N3O4S/c1-15(14(19)20)8-5-9-18(15)23(21,22)13-10-16-17(11-13)12-6-3-2-4-7-12/h2-4,6-7,10-11H,5,8-9H2,1H3,(H,19,20). The molecule has 0 bridgehead atoms. The van der Waals surface area contributed by atoms with E-state index in [1.807, 2.05) is 18.2 Å². The zero-order chi connectivity index (χ0) is 16.7. The van der Waals surface area contributed by atoms with Gasteiger partial charge in [0.05, 0.1) is 18.1 Å². The summed E-state index contributed by atoms with van der Waals surface area (Å²) in [6.45, 7) is 1.64. The van der Waals surface area contributed by atoms with Crippen molar-refractivity contribution in [3.63, 3.8) is 0 Å². The highest BCUT2D eigenvalue weighted by Gasteiger charge is 2.50. The number of carbonyl (C=O) groups is 1. The lowest BCUT2D eigenvalue weighted by atomic mass is 10.0. The van der Waals surface area contributed by atoms with Crippen LogP contribution in [-0.4, -0.2) is 45.7 Å². The molecule has 1 unspecified atom stereocenters. The molecule has 1 aliphatic rings. The summed E-state index contributed by atoms with van der Waals surface area (Å²) in [7, 11) is -3.91. The quantitative estimate of drug-likeness (QED) is 0.914. The van der Waals surface area contributed by atoms with Crippen LogP contribution in [0.1, 0.15) is 19.8 Å². The summed E-state index contributed by atoms with van der Waals surface area (Å²) in [5.74, 6) is -1.13. The second-order valence-corrected chi connectivity index (χ2v) is 7.58. The minimum Gasteiger partial charge on any atom is -0.480 e. The number of rotatable bonds is 4. The molecule has 8 heteroatoms. The van der Waals surface area contributed by atoms with Crippen molar-refractivity contribution < 1.29 is 18.3 Å². The van der Waals surface area contributed by atoms with Crippen molar-refractivity contribution in [2.24, 2.45) is 0 Å². The molecule has 7 nitrogen and oxygen atoms in total. The van der Waals surface area contributed by atoms with E-state index in [9.17, 15) is 18.3 Å². The third kappa shape index (κ3) is 2.53. The molecule has 1 aromatic carbocycles. The Hall–Kier alpha value is -2.19. The number of hydrogen-bond acceptors (Lipinski definition) is 4. The van der Waals surface area contributed by atoms with E-state index in [2.05, 4.69) is 5.10 Å². The molecule has 1 atom stereocenters. The molecule has 1 saturated heterocycles. The summed E-state index contributed by atoms with van der Waals surface area (Å²) < 4.78 is 28.1.